The standard InChI is InChI=1S/C13H16O5S.C7H12O3/c1-10(2)13(14)17-8-9-18-19(15,16)12-6-4-11(3)5-7-12;1-2-7(9)10-6-4-3-5-8/h4-7H,1,8-9H2,2-3H3;2,8H,1,3-6H2. The molecule has 1 N–H and O–H groups in total. The molecule has 0 radical (unpaired) electrons. The maximum Gasteiger partial charge on any atom is 0.333 e. The second-order valence-corrected chi connectivity index (χ2v) is 7.42. The van der Waals surface area contributed by atoms with E-state index in [1.807, 2.05) is 6.92 Å². The molecular weight excluding hydrogens is 400 g/mol. The number of aliphatic hydroxyl groups is 1. The van der Waals surface area contributed by atoms with Crippen molar-refractivity contribution in [3.63, 3.8) is 0 Å². The number of hydrogen-bond acceptors (Lipinski definition) is 8. The Balaban J connectivity index is 0.000000665. The van der Waals surface area contributed by atoms with Crippen LogP contribution < -0.4 is 0 Å². The molecule has 0 heterocycles. The first-order chi connectivity index (χ1) is 13.6. The molecule has 1 aromatic carbocycles. The largest absolute Gasteiger partial charge is 0.463 e. The molecule has 0 bridgehead atoms. The summed E-state index contributed by atoms with van der Waals surface area (Å²) in [6.07, 6.45) is 2.50. The van der Waals surface area contributed by atoms with Crippen LogP contribution in [0, 0.1) is 6.92 Å². The van der Waals surface area contributed by atoms with Gasteiger partial charge in [-0.2, -0.15) is 8.42 Å². The van der Waals surface area contributed by atoms with Crippen LogP contribution in [0.25, 0.3) is 0 Å². The maximum absolute atomic E-state index is 11.7. The van der Waals surface area contributed by atoms with E-state index in [1.54, 1.807) is 12.1 Å². The number of hydrogen-bond donors (Lipinski definition) is 1. The van der Waals surface area contributed by atoms with Crippen molar-refractivity contribution in [1.82, 2.24) is 0 Å². The minimum Gasteiger partial charge on any atom is -0.463 e. The van der Waals surface area contributed by atoms with Gasteiger partial charge in [0.2, 0.25) is 0 Å². The molecule has 29 heavy (non-hydrogen) atoms. The Labute approximate surface area is 171 Å². The van der Waals surface area contributed by atoms with Gasteiger partial charge in [0.25, 0.3) is 10.1 Å². The Morgan fingerprint density at radius 1 is 1.07 bits per heavy atom. The number of aliphatic hydroxyl groups excluding tert-OH is 1. The van der Waals surface area contributed by atoms with E-state index in [-0.39, 0.29) is 30.3 Å². The van der Waals surface area contributed by atoms with Gasteiger partial charge < -0.3 is 14.6 Å². The van der Waals surface area contributed by atoms with Crippen molar-refractivity contribution in [3.8, 4) is 0 Å². The maximum atomic E-state index is 11.7. The van der Waals surface area contributed by atoms with Crippen molar-refractivity contribution in [2.24, 2.45) is 0 Å². The minimum atomic E-state index is -3.81. The van der Waals surface area contributed by atoms with Crippen molar-refractivity contribution in [3.05, 3.63) is 54.6 Å². The molecule has 0 amide bonds. The quantitative estimate of drug-likeness (QED) is 0.247. The lowest BCUT2D eigenvalue weighted by Gasteiger charge is -2.07. The molecule has 0 aromatic heterocycles. The van der Waals surface area contributed by atoms with Crippen LogP contribution in [-0.4, -0.2) is 51.9 Å². The van der Waals surface area contributed by atoms with Crippen LogP contribution in [0.4, 0.5) is 0 Å². The lowest BCUT2D eigenvalue weighted by molar-refractivity contribution is -0.140. The van der Waals surface area contributed by atoms with E-state index in [1.165, 1.54) is 19.1 Å². The van der Waals surface area contributed by atoms with Gasteiger partial charge in [0, 0.05) is 18.3 Å². The predicted octanol–water partition coefficient (Wildman–Crippen LogP) is 2.31. The minimum absolute atomic E-state index is 0.0735. The average molecular weight is 429 g/mol. The molecule has 1 rings (SSSR count). The molecule has 0 spiro atoms. The van der Waals surface area contributed by atoms with Gasteiger partial charge in [-0.25, -0.2) is 9.59 Å². The number of carbonyl (C=O) groups is 2. The smallest absolute Gasteiger partial charge is 0.333 e. The van der Waals surface area contributed by atoms with Crippen LogP contribution >= 0.6 is 0 Å². The molecule has 0 fully saturated rings. The van der Waals surface area contributed by atoms with E-state index in [2.05, 4.69) is 17.9 Å². The number of ether oxygens (including phenoxy) is 2. The lowest BCUT2D eigenvalue weighted by Crippen LogP contribution is -2.14. The second kappa shape index (κ2) is 14.5. The molecule has 0 aliphatic carbocycles. The van der Waals surface area contributed by atoms with Crippen LogP contribution in [0.2, 0.25) is 0 Å². The highest BCUT2D eigenvalue weighted by Gasteiger charge is 2.15. The first-order valence-electron chi connectivity index (χ1n) is 8.82. The Morgan fingerprint density at radius 2 is 1.69 bits per heavy atom. The van der Waals surface area contributed by atoms with E-state index in [9.17, 15) is 18.0 Å². The Kier molecular flexibility index (Phi) is 13.3. The van der Waals surface area contributed by atoms with Crippen LogP contribution in [0.3, 0.4) is 0 Å². The first kappa shape index (κ1) is 26.5. The number of unbranched alkanes of at least 4 members (excludes halogenated alkanes) is 1. The van der Waals surface area contributed by atoms with E-state index < -0.39 is 22.1 Å². The predicted molar refractivity (Wildman–Crippen MR) is 108 cm³/mol. The van der Waals surface area contributed by atoms with Crippen molar-refractivity contribution in [1.29, 1.82) is 0 Å². The molecule has 8 nitrogen and oxygen atoms in total. The lowest BCUT2D eigenvalue weighted by atomic mass is 10.2. The Hall–Kier alpha value is -2.49. The van der Waals surface area contributed by atoms with Crippen molar-refractivity contribution in [2.45, 2.75) is 31.6 Å². The topological polar surface area (TPSA) is 116 Å². The molecule has 0 unspecified atom stereocenters. The summed E-state index contributed by atoms with van der Waals surface area (Å²) in [6, 6.07) is 6.28. The average Bonchev–Trinajstić information content (AvgIpc) is 2.69. The molecular formula is C20H28O8S. The van der Waals surface area contributed by atoms with Gasteiger partial charge >= 0.3 is 11.9 Å². The summed E-state index contributed by atoms with van der Waals surface area (Å²) >= 11 is 0. The summed E-state index contributed by atoms with van der Waals surface area (Å²) in [7, 11) is -3.81. The fourth-order valence-electron chi connectivity index (χ4n) is 1.62. The third-order valence-electron chi connectivity index (χ3n) is 3.18. The molecule has 0 saturated heterocycles. The molecule has 1 aromatic rings. The summed E-state index contributed by atoms with van der Waals surface area (Å²) in [5.74, 6) is -0.978. The monoisotopic (exact) mass is 428 g/mol. The van der Waals surface area contributed by atoms with Crippen LogP contribution in [0.5, 0.6) is 0 Å². The first-order valence-corrected chi connectivity index (χ1v) is 10.2. The second-order valence-electron chi connectivity index (χ2n) is 5.81. The Bertz CT molecular complexity index is 766. The van der Waals surface area contributed by atoms with Gasteiger partial charge in [-0.05, 0) is 38.8 Å². The number of esters is 2. The van der Waals surface area contributed by atoms with Gasteiger partial charge in [-0.3, -0.25) is 4.18 Å². The molecule has 0 aliphatic heterocycles. The number of carbonyl (C=O) groups excluding carboxylic acids is 2. The van der Waals surface area contributed by atoms with Crippen LogP contribution in [0.1, 0.15) is 25.3 Å². The van der Waals surface area contributed by atoms with Crippen molar-refractivity contribution >= 4 is 22.1 Å². The molecule has 0 saturated carbocycles. The van der Waals surface area contributed by atoms with E-state index in [4.69, 9.17) is 14.0 Å². The number of rotatable bonds is 11. The zero-order valence-corrected chi connectivity index (χ0v) is 17.6. The summed E-state index contributed by atoms with van der Waals surface area (Å²) < 4.78 is 37.6. The van der Waals surface area contributed by atoms with Gasteiger partial charge in [-0.1, -0.05) is 30.9 Å². The SMILES string of the molecule is C=C(C)C(=O)OCCOS(=O)(=O)c1ccc(C)cc1.C=CC(=O)OCCCCO. The fraction of sp³-hybridized carbons (Fsp3) is 0.400. The summed E-state index contributed by atoms with van der Waals surface area (Å²) in [6.45, 7) is 10.1. The molecule has 0 atom stereocenters. The normalized spacial score (nSPS) is 10.3. The highest BCUT2D eigenvalue weighted by Crippen LogP contribution is 2.12. The van der Waals surface area contributed by atoms with Gasteiger partial charge in [0.1, 0.15) is 13.2 Å². The molecule has 9 heteroatoms. The highest BCUT2D eigenvalue weighted by atomic mass is 32.2. The third-order valence-corrected chi connectivity index (χ3v) is 4.50. The van der Waals surface area contributed by atoms with Crippen LogP contribution in [0.15, 0.2) is 54.0 Å². The van der Waals surface area contributed by atoms with Crippen LogP contribution in [-0.2, 0) is 33.4 Å². The Morgan fingerprint density at radius 3 is 2.21 bits per heavy atom. The fourth-order valence-corrected chi connectivity index (χ4v) is 2.51. The molecule has 162 valence electrons. The number of benzene rings is 1. The summed E-state index contributed by atoms with van der Waals surface area (Å²) in [4.78, 5) is 21.5. The van der Waals surface area contributed by atoms with Gasteiger partial charge in [0.05, 0.1) is 11.5 Å². The molecule has 0 aliphatic rings. The third kappa shape index (κ3) is 12.6. The zero-order chi connectivity index (χ0) is 22.3. The highest BCUT2D eigenvalue weighted by molar-refractivity contribution is 7.86. The zero-order valence-electron chi connectivity index (χ0n) is 16.8. The summed E-state index contributed by atoms with van der Waals surface area (Å²) in [5, 5.41) is 8.33. The van der Waals surface area contributed by atoms with Gasteiger partial charge in [-0.15, -0.1) is 0 Å². The van der Waals surface area contributed by atoms with Gasteiger partial charge in [0.15, 0.2) is 0 Å². The number of aryl methyl sites for hydroxylation is 1. The van der Waals surface area contributed by atoms with E-state index >= 15 is 0 Å². The van der Waals surface area contributed by atoms with Crippen molar-refractivity contribution in [2.75, 3.05) is 26.4 Å². The summed E-state index contributed by atoms with van der Waals surface area (Å²) in [5.41, 5.74) is 1.20. The van der Waals surface area contributed by atoms with E-state index in [0.29, 0.717) is 19.4 Å². The van der Waals surface area contributed by atoms with Crippen molar-refractivity contribution < 1.29 is 36.8 Å². The van der Waals surface area contributed by atoms with E-state index in [0.717, 1.165) is 11.6 Å².